The Morgan fingerprint density at radius 1 is 0.500 bits per heavy atom. The van der Waals surface area contributed by atoms with Gasteiger partial charge in [0.05, 0.1) is 11.1 Å². The van der Waals surface area contributed by atoms with Crippen LogP contribution in [0, 0.1) is 23.3 Å². The van der Waals surface area contributed by atoms with Crippen molar-refractivity contribution in [2.75, 3.05) is 0 Å². The van der Waals surface area contributed by atoms with Crippen molar-refractivity contribution in [3.63, 3.8) is 0 Å². The number of ketones is 4. The van der Waals surface area contributed by atoms with Crippen LogP contribution in [0.25, 0.3) is 23.3 Å². The number of benzene rings is 2. The number of hydrogen-bond acceptors (Lipinski definition) is 6. The highest BCUT2D eigenvalue weighted by molar-refractivity contribution is 7.16. The molecule has 0 aliphatic heterocycles. The Morgan fingerprint density at radius 3 is 1.07 bits per heavy atom. The summed E-state index contributed by atoms with van der Waals surface area (Å²) in [7, 11) is 0. The summed E-state index contributed by atoms with van der Waals surface area (Å²) < 4.78 is 55.3. The molecule has 228 valence electrons. The first kappa shape index (κ1) is 28.9. The van der Waals surface area contributed by atoms with Crippen LogP contribution in [0.15, 0.2) is 47.5 Å². The third-order valence-corrected chi connectivity index (χ3v) is 11.7. The summed E-state index contributed by atoms with van der Waals surface area (Å²) >= 11 is 2.87. The Hall–Kier alpha value is -4.54. The maximum Gasteiger partial charge on any atom is 0.197 e. The Labute approximate surface area is 267 Å². The lowest BCUT2D eigenvalue weighted by Gasteiger charge is -2.23. The second kappa shape index (κ2) is 9.04. The van der Waals surface area contributed by atoms with E-state index in [1.807, 2.05) is 12.1 Å². The summed E-state index contributed by atoms with van der Waals surface area (Å²) in [6.45, 7) is 8.32. The lowest BCUT2D eigenvalue weighted by Crippen LogP contribution is -2.16. The van der Waals surface area contributed by atoms with E-state index < -0.39 is 57.2 Å². The van der Waals surface area contributed by atoms with Crippen LogP contribution < -0.4 is 0 Å². The fraction of sp³-hybridized carbons (Fsp3) is 0.167. The van der Waals surface area contributed by atoms with E-state index in [0.29, 0.717) is 9.75 Å². The third kappa shape index (κ3) is 3.59. The molecule has 0 spiro atoms. The molecule has 10 heteroatoms. The highest BCUT2D eigenvalue weighted by Gasteiger charge is 2.52. The molecule has 0 bridgehead atoms. The van der Waals surface area contributed by atoms with Gasteiger partial charge in [0.2, 0.25) is 0 Å². The fourth-order valence-electron chi connectivity index (χ4n) is 7.13. The maximum absolute atomic E-state index is 13.8. The minimum atomic E-state index is -1.19. The first-order valence-corrected chi connectivity index (χ1v) is 15.9. The summed E-state index contributed by atoms with van der Waals surface area (Å²) in [5.41, 5.74) is 2.36. The van der Waals surface area contributed by atoms with Gasteiger partial charge in [-0.05, 0) is 70.8 Å². The van der Waals surface area contributed by atoms with Crippen LogP contribution in [0.1, 0.15) is 99.8 Å². The van der Waals surface area contributed by atoms with Crippen molar-refractivity contribution in [1.29, 1.82) is 0 Å². The fourth-order valence-corrected chi connectivity index (χ4v) is 10.1. The predicted molar refractivity (Wildman–Crippen MR) is 167 cm³/mol. The first-order chi connectivity index (χ1) is 21.6. The van der Waals surface area contributed by atoms with Gasteiger partial charge >= 0.3 is 0 Å². The molecule has 4 aromatic rings. The highest BCUT2D eigenvalue weighted by atomic mass is 32.1. The van der Waals surface area contributed by atoms with Crippen LogP contribution in [-0.2, 0) is 10.8 Å². The number of hydrogen-bond donors (Lipinski definition) is 0. The van der Waals surface area contributed by atoms with Gasteiger partial charge in [-0.3, -0.25) is 19.2 Å². The summed E-state index contributed by atoms with van der Waals surface area (Å²) in [4.78, 5) is 55.4. The van der Waals surface area contributed by atoms with Crippen LogP contribution in [0.2, 0.25) is 0 Å². The van der Waals surface area contributed by atoms with Gasteiger partial charge in [0.1, 0.15) is 0 Å². The van der Waals surface area contributed by atoms with Crippen molar-refractivity contribution in [2.45, 2.75) is 38.5 Å². The van der Waals surface area contributed by atoms with Gasteiger partial charge in [0.15, 0.2) is 46.4 Å². The van der Waals surface area contributed by atoms with Gasteiger partial charge < -0.3 is 0 Å². The number of Topliss-reactive ketones (excluding diaryl/α,β-unsaturated/α-hetero) is 4. The number of carbonyl (C=O) groups is 4. The molecule has 0 amide bonds. The predicted octanol–water partition coefficient (Wildman–Crippen LogP) is 8.78. The Kier molecular flexibility index (Phi) is 5.68. The zero-order valence-corrected chi connectivity index (χ0v) is 26.2. The molecule has 2 aromatic heterocycles. The molecule has 4 aliphatic carbocycles. The van der Waals surface area contributed by atoms with Gasteiger partial charge in [-0.25, -0.2) is 17.6 Å². The van der Waals surface area contributed by atoms with Crippen LogP contribution in [-0.4, -0.2) is 23.1 Å². The third-order valence-electron chi connectivity index (χ3n) is 9.45. The molecule has 0 saturated heterocycles. The summed E-state index contributed by atoms with van der Waals surface area (Å²) in [5, 5.41) is 0. The van der Waals surface area contributed by atoms with Gasteiger partial charge in [-0.15, -0.1) is 22.7 Å². The van der Waals surface area contributed by atoms with Crippen molar-refractivity contribution >= 4 is 69.1 Å². The number of carbonyl (C=O) groups excluding carboxylic acids is 4. The van der Waals surface area contributed by atoms with E-state index in [9.17, 15) is 36.7 Å². The van der Waals surface area contributed by atoms with Crippen molar-refractivity contribution in [3.8, 4) is 0 Å². The first-order valence-electron chi connectivity index (χ1n) is 14.3. The van der Waals surface area contributed by atoms with Gasteiger partial charge in [0, 0.05) is 52.6 Å². The molecule has 0 unspecified atom stereocenters. The molecule has 46 heavy (non-hydrogen) atoms. The lowest BCUT2D eigenvalue weighted by molar-refractivity contribution is 0.0975. The van der Waals surface area contributed by atoms with E-state index in [2.05, 4.69) is 27.7 Å². The SMILES string of the molecule is CC1(C)C2=C(c3sc(C=C4C(=O)c5cc(F)c(F)cc5C4=O)cc31)C(C)(C)c1cc(C=C3C(=O)c4cc(F)c(F)cc4C3=O)sc12. The van der Waals surface area contributed by atoms with Crippen molar-refractivity contribution < 1.29 is 36.7 Å². The molecule has 0 radical (unpaired) electrons. The molecule has 4 nitrogen and oxygen atoms in total. The van der Waals surface area contributed by atoms with Crippen molar-refractivity contribution in [1.82, 2.24) is 0 Å². The second-order valence-corrected chi connectivity index (χ2v) is 15.0. The zero-order chi connectivity index (χ0) is 32.8. The van der Waals surface area contributed by atoms with E-state index in [4.69, 9.17) is 0 Å². The lowest BCUT2D eigenvalue weighted by atomic mass is 9.80. The smallest absolute Gasteiger partial charge is 0.197 e. The molecular formula is C36H20F4O4S2. The topological polar surface area (TPSA) is 68.3 Å². The monoisotopic (exact) mass is 656 g/mol. The van der Waals surface area contributed by atoms with E-state index in [-0.39, 0.29) is 33.4 Å². The molecule has 2 heterocycles. The van der Waals surface area contributed by atoms with Gasteiger partial charge in [0.25, 0.3) is 0 Å². The number of fused-ring (bicyclic) bond motifs is 6. The standard InChI is InChI=1S/C36H20F4O4S2/c1-35(2)21-7-13(5-19-29(41)15-9-23(37)24(38)10-16(15)30(19)42)45-33(21)28-27(35)34-22(36(28,3)4)8-14(46-34)6-20-31(43)17-11-25(39)26(40)12-18(17)32(20)44/h5-12H,1-4H3. The van der Waals surface area contributed by atoms with Crippen LogP contribution in [0.3, 0.4) is 0 Å². The molecular weight excluding hydrogens is 637 g/mol. The van der Waals surface area contributed by atoms with E-state index in [0.717, 1.165) is 56.3 Å². The van der Waals surface area contributed by atoms with E-state index in [1.54, 1.807) is 0 Å². The molecule has 2 aromatic carbocycles. The van der Waals surface area contributed by atoms with E-state index >= 15 is 0 Å². The largest absolute Gasteiger partial charge is 0.288 e. The number of allylic oxidation sites excluding steroid dienone is 4. The highest BCUT2D eigenvalue weighted by Crippen LogP contribution is 2.65. The van der Waals surface area contributed by atoms with Gasteiger partial charge in [-0.1, -0.05) is 27.7 Å². The number of halogens is 4. The number of thiophene rings is 2. The van der Waals surface area contributed by atoms with Crippen LogP contribution >= 0.6 is 22.7 Å². The van der Waals surface area contributed by atoms with Gasteiger partial charge in [-0.2, -0.15) is 0 Å². The molecule has 0 saturated carbocycles. The molecule has 0 fully saturated rings. The maximum atomic E-state index is 13.8. The zero-order valence-electron chi connectivity index (χ0n) is 24.6. The Balaban J connectivity index is 1.18. The average Bonchev–Trinajstić information content (AvgIpc) is 3.78. The molecule has 0 N–H and O–H groups in total. The van der Waals surface area contributed by atoms with Crippen molar-refractivity contribution in [2.24, 2.45) is 0 Å². The summed E-state index contributed by atoms with van der Waals surface area (Å²) in [6.07, 6.45) is 2.99. The minimum absolute atomic E-state index is 0.141. The van der Waals surface area contributed by atoms with E-state index in [1.165, 1.54) is 34.8 Å². The van der Waals surface area contributed by atoms with Crippen LogP contribution in [0.4, 0.5) is 17.6 Å². The number of rotatable bonds is 2. The summed E-state index contributed by atoms with van der Waals surface area (Å²) in [5.74, 6) is -7.34. The molecule has 0 atom stereocenters. The van der Waals surface area contributed by atoms with Crippen LogP contribution in [0.5, 0.6) is 0 Å². The Bertz CT molecular complexity index is 2080. The Morgan fingerprint density at radius 2 is 0.783 bits per heavy atom. The molecule has 4 aliphatic rings. The molecule has 8 rings (SSSR count). The quantitative estimate of drug-likeness (QED) is 0.123. The average molecular weight is 657 g/mol. The normalized spacial score (nSPS) is 18.3. The second-order valence-electron chi connectivity index (χ2n) is 12.8. The minimum Gasteiger partial charge on any atom is -0.288 e. The summed E-state index contributed by atoms with van der Waals surface area (Å²) in [6, 6.07) is 6.94. The van der Waals surface area contributed by atoms with Crippen molar-refractivity contribution in [3.05, 3.63) is 124 Å².